The van der Waals surface area contributed by atoms with Crippen molar-refractivity contribution in [3.8, 4) is 0 Å². The molecule has 1 aliphatic rings. The van der Waals surface area contributed by atoms with E-state index in [1.54, 1.807) is 0 Å². The molecule has 1 aliphatic carbocycles. The van der Waals surface area contributed by atoms with E-state index in [0.29, 0.717) is 12.5 Å². The maximum Gasteiger partial charge on any atom is 0.309 e. The standard InChI is InChI=1S/C13H16O2/c1-2-15-13(14)12-9-8-11(12)10-6-4-3-5-7-10/h3-7,11-12H,2,8-9H2,1H3/t11-,12+/m1/s1. The smallest absolute Gasteiger partial charge is 0.309 e. The van der Waals surface area contributed by atoms with Crippen LogP contribution < -0.4 is 0 Å². The summed E-state index contributed by atoms with van der Waals surface area (Å²) < 4.78 is 5.06. The van der Waals surface area contributed by atoms with Crippen molar-refractivity contribution in [1.29, 1.82) is 0 Å². The van der Waals surface area contributed by atoms with Gasteiger partial charge < -0.3 is 4.74 Å². The largest absolute Gasteiger partial charge is 0.466 e. The molecule has 1 saturated carbocycles. The lowest BCUT2D eigenvalue weighted by Crippen LogP contribution is -2.32. The predicted octanol–water partition coefficient (Wildman–Crippen LogP) is 2.74. The van der Waals surface area contributed by atoms with Crippen LogP contribution in [0.1, 0.15) is 31.2 Å². The summed E-state index contributed by atoms with van der Waals surface area (Å²) in [5.74, 6) is 0.440. The Bertz CT molecular complexity index is 332. The zero-order chi connectivity index (χ0) is 10.7. The van der Waals surface area contributed by atoms with E-state index in [0.717, 1.165) is 12.8 Å². The number of benzene rings is 1. The van der Waals surface area contributed by atoms with Crippen LogP contribution in [0.3, 0.4) is 0 Å². The van der Waals surface area contributed by atoms with Gasteiger partial charge in [-0.25, -0.2) is 0 Å². The van der Waals surface area contributed by atoms with Crippen LogP contribution in [-0.4, -0.2) is 12.6 Å². The average Bonchev–Trinajstić information content (AvgIpc) is 2.18. The van der Waals surface area contributed by atoms with E-state index in [9.17, 15) is 4.79 Å². The molecule has 0 N–H and O–H groups in total. The van der Waals surface area contributed by atoms with E-state index in [-0.39, 0.29) is 11.9 Å². The molecule has 80 valence electrons. The summed E-state index contributed by atoms with van der Waals surface area (Å²) >= 11 is 0. The maximum absolute atomic E-state index is 11.6. The third kappa shape index (κ3) is 2.04. The van der Waals surface area contributed by atoms with Crippen molar-refractivity contribution < 1.29 is 9.53 Å². The van der Waals surface area contributed by atoms with Gasteiger partial charge in [0.25, 0.3) is 0 Å². The molecule has 15 heavy (non-hydrogen) atoms. The zero-order valence-corrected chi connectivity index (χ0v) is 8.98. The fourth-order valence-electron chi connectivity index (χ4n) is 2.13. The molecule has 2 heteroatoms. The quantitative estimate of drug-likeness (QED) is 0.708. The van der Waals surface area contributed by atoms with Gasteiger partial charge in [0.05, 0.1) is 12.5 Å². The minimum atomic E-state index is -0.0300. The Hall–Kier alpha value is -1.31. The molecular weight excluding hydrogens is 188 g/mol. The summed E-state index contributed by atoms with van der Waals surface area (Å²) in [4.78, 5) is 11.6. The van der Waals surface area contributed by atoms with Gasteiger partial charge in [0.2, 0.25) is 0 Å². The molecule has 0 spiro atoms. The van der Waals surface area contributed by atoms with E-state index in [4.69, 9.17) is 4.74 Å². The van der Waals surface area contributed by atoms with E-state index < -0.39 is 0 Å². The Balaban J connectivity index is 2.03. The molecule has 0 unspecified atom stereocenters. The van der Waals surface area contributed by atoms with Crippen molar-refractivity contribution in [2.75, 3.05) is 6.61 Å². The molecule has 0 amide bonds. The minimum absolute atomic E-state index is 0.0300. The number of hydrogen-bond donors (Lipinski definition) is 0. The lowest BCUT2D eigenvalue weighted by atomic mass is 9.70. The van der Waals surface area contributed by atoms with Gasteiger partial charge in [0, 0.05) is 0 Å². The van der Waals surface area contributed by atoms with Crippen molar-refractivity contribution >= 4 is 5.97 Å². The number of carbonyl (C=O) groups excluding carboxylic acids is 1. The molecule has 0 saturated heterocycles. The second kappa shape index (κ2) is 4.47. The van der Waals surface area contributed by atoms with Crippen LogP contribution in [0.5, 0.6) is 0 Å². The van der Waals surface area contributed by atoms with Crippen LogP contribution in [0.4, 0.5) is 0 Å². The van der Waals surface area contributed by atoms with Crippen molar-refractivity contribution in [3.63, 3.8) is 0 Å². The van der Waals surface area contributed by atoms with Gasteiger partial charge in [-0.15, -0.1) is 0 Å². The van der Waals surface area contributed by atoms with Crippen molar-refractivity contribution in [2.45, 2.75) is 25.7 Å². The maximum atomic E-state index is 11.6. The minimum Gasteiger partial charge on any atom is -0.466 e. The van der Waals surface area contributed by atoms with Crippen LogP contribution in [0, 0.1) is 5.92 Å². The highest BCUT2D eigenvalue weighted by atomic mass is 16.5. The van der Waals surface area contributed by atoms with Crippen LogP contribution in [0.25, 0.3) is 0 Å². The van der Waals surface area contributed by atoms with E-state index in [1.807, 2.05) is 25.1 Å². The Morgan fingerprint density at radius 2 is 2.07 bits per heavy atom. The summed E-state index contributed by atoms with van der Waals surface area (Å²) in [6.45, 7) is 2.34. The Morgan fingerprint density at radius 3 is 2.60 bits per heavy atom. The van der Waals surface area contributed by atoms with Crippen LogP contribution in [0.2, 0.25) is 0 Å². The van der Waals surface area contributed by atoms with E-state index in [1.165, 1.54) is 5.56 Å². The van der Waals surface area contributed by atoms with Crippen LogP contribution >= 0.6 is 0 Å². The second-order valence-corrected chi connectivity index (χ2v) is 3.95. The average molecular weight is 204 g/mol. The first-order valence-corrected chi connectivity index (χ1v) is 5.54. The Morgan fingerprint density at radius 1 is 1.33 bits per heavy atom. The fraction of sp³-hybridized carbons (Fsp3) is 0.462. The molecule has 0 radical (unpaired) electrons. The summed E-state index contributed by atoms with van der Waals surface area (Å²) in [6, 6.07) is 10.2. The third-order valence-corrected chi connectivity index (χ3v) is 3.09. The van der Waals surface area contributed by atoms with Crippen molar-refractivity contribution in [3.05, 3.63) is 35.9 Å². The molecule has 1 fully saturated rings. The Labute approximate surface area is 90.3 Å². The second-order valence-electron chi connectivity index (χ2n) is 3.95. The number of rotatable bonds is 3. The van der Waals surface area contributed by atoms with Gasteiger partial charge >= 0.3 is 5.97 Å². The molecule has 2 atom stereocenters. The van der Waals surface area contributed by atoms with Gasteiger partial charge in [-0.2, -0.15) is 0 Å². The van der Waals surface area contributed by atoms with E-state index in [2.05, 4.69) is 12.1 Å². The van der Waals surface area contributed by atoms with Gasteiger partial charge in [0.15, 0.2) is 0 Å². The zero-order valence-electron chi connectivity index (χ0n) is 8.98. The highest BCUT2D eigenvalue weighted by Gasteiger charge is 2.38. The van der Waals surface area contributed by atoms with Crippen LogP contribution in [-0.2, 0) is 9.53 Å². The lowest BCUT2D eigenvalue weighted by Gasteiger charge is -2.34. The van der Waals surface area contributed by atoms with Gasteiger partial charge in [-0.3, -0.25) is 4.79 Å². The monoisotopic (exact) mass is 204 g/mol. The SMILES string of the molecule is CCOC(=O)[C@H]1CC[C@@H]1c1ccccc1. The number of ether oxygens (including phenoxy) is 1. The first-order valence-electron chi connectivity index (χ1n) is 5.54. The molecule has 2 nitrogen and oxygen atoms in total. The molecule has 0 bridgehead atoms. The fourth-order valence-corrected chi connectivity index (χ4v) is 2.13. The molecule has 0 heterocycles. The predicted molar refractivity (Wildman–Crippen MR) is 58.5 cm³/mol. The van der Waals surface area contributed by atoms with Crippen molar-refractivity contribution in [1.82, 2.24) is 0 Å². The molecule has 0 aliphatic heterocycles. The molecule has 1 aromatic carbocycles. The van der Waals surface area contributed by atoms with Gasteiger partial charge in [-0.05, 0) is 31.2 Å². The highest BCUT2D eigenvalue weighted by Crippen LogP contribution is 2.42. The first-order chi connectivity index (χ1) is 7.33. The topological polar surface area (TPSA) is 26.3 Å². The molecule has 1 aromatic rings. The first kappa shape index (κ1) is 10.2. The number of esters is 1. The van der Waals surface area contributed by atoms with Gasteiger partial charge in [0.1, 0.15) is 0 Å². The third-order valence-electron chi connectivity index (χ3n) is 3.09. The molecule has 0 aromatic heterocycles. The molecular formula is C13H16O2. The summed E-state index contributed by atoms with van der Waals surface area (Å²) in [5.41, 5.74) is 1.27. The highest BCUT2D eigenvalue weighted by molar-refractivity contribution is 5.75. The van der Waals surface area contributed by atoms with E-state index >= 15 is 0 Å². The van der Waals surface area contributed by atoms with Crippen LogP contribution in [0.15, 0.2) is 30.3 Å². The van der Waals surface area contributed by atoms with Gasteiger partial charge in [-0.1, -0.05) is 30.3 Å². The lowest BCUT2D eigenvalue weighted by molar-refractivity contribution is -0.152. The summed E-state index contributed by atoms with van der Waals surface area (Å²) in [7, 11) is 0. The Kier molecular flexibility index (Phi) is 3.05. The summed E-state index contributed by atoms with van der Waals surface area (Å²) in [6.07, 6.45) is 2.08. The number of hydrogen-bond acceptors (Lipinski definition) is 2. The number of carbonyl (C=O) groups is 1. The molecule has 2 rings (SSSR count). The summed E-state index contributed by atoms with van der Waals surface area (Å²) in [5, 5.41) is 0. The van der Waals surface area contributed by atoms with Crippen molar-refractivity contribution in [2.24, 2.45) is 5.92 Å². The normalized spacial score (nSPS) is 24.3.